The molecule has 0 aliphatic carbocycles. The van der Waals surface area contributed by atoms with Crippen molar-refractivity contribution in [2.45, 2.75) is 13.3 Å². The van der Waals surface area contributed by atoms with Gasteiger partial charge in [-0.3, -0.25) is 0 Å². The summed E-state index contributed by atoms with van der Waals surface area (Å²) >= 11 is 5.19. The number of nitrogens with zero attached hydrogens (tertiary/aromatic N) is 1. The molecule has 0 atom stereocenters. The average Bonchev–Trinajstić information content (AvgIpc) is 2.43. The zero-order valence-corrected chi connectivity index (χ0v) is 12.0. The van der Waals surface area contributed by atoms with Gasteiger partial charge in [-0.2, -0.15) is 0 Å². The molecule has 3 nitrogen and oxygen atoms in total. The minimum absolute atomic E-state index is 0.186. The first-order chi connectivity index (χ1) is 9.66. The Morgan fingerprint density at radius 2 is 2.05 bits per heavy atom. The lowest BCUT2D eigenvalue weighted by Gasteiger charge is -2.11. The van der Waals surface area contributed by atoms with Crippen LogP contribution in [0.4, 0.5) is 10.2 Å². The summed E-state index contributed by atoms with van der Waals surface area (Å²) in [6.45, 7) is 2.52. The van der Waals surface area contributed by atoms with Gasteiger partial charge in [-0.25, -0.2) is 9.37 Å². The van der Waals surface area contributed by atoms with Crippen molar-refractivity contribution < 1.29 is 4.39 Å². The van der Waals surface area contributed by atoms with Gasteiger partial charge in [0.05, 0.1) is 0 Å². The highest BCUT2D eigenvalue weighted by Gasteiger charge is 2.03. The zero-order valence-electron chi connectivity index (χ0n) is 11.2. The summed E-state index contributed by atoms with van der Waals surface area (Å²) in [4.78, 5) is 4.20. The molecule has 0 unspecified atom stereocenters. The number of hydrogen-bond acceptors (Lipinski definition) is 2. The average molecular weight is 289 g/mol. The third kappa shape index (κ3) is 3.99. The fourth-order valence-corrected chi connectivity index (χ4v) is 1.98. The molecule has 20 heavy (non-hydrogen) atoms. The van der Waals surface area contributed by atoms with Gasteiger partial charge in [0.1, 0.15) is 11.6 Å². The number of benzene rings is 1. The fraction of sp³-hybridized carbons (Fsp3) is 0.200. The van der Waals surface area contributed by atoms with E-state index in [1.165, 1.54) is 6.07 Å². The van der Waals surface area contributed by atoms with Crippen LogP contribution in [0.3, 0.4) is 0 Å². The van der Waals surface area contributed by atoms with Crippen molar-refractivity contribution in [2.24, 2.45) is 0 Å². The van der Waals surface area contributed by atoms with Crippen LogP contribution in [0, 0.1) is 12.7 Å². The summed E-state index contributed by atoms with van der Waals surface area (Å²) in [7, 11) is 0. The van der Waals surface area contributed by atoms with Crippen molar-refractivity contribution in [3.8, 4) is 0 Å². The Hall–Kier alpha value is -2.01. The molecule has 2 N–H and O–H groups in total. The van der Waals surface area contributed by atoms with E-state index in [1.54, 1.807) is 18.3 Å². The molecule has 0 aliphatic heterocycles. The van der Waals surface area contributed by atoms with Crippen molar-refractivity contribution in [3.63, 3.8) is 0 Å². The Morgan fingerprint density at radius 1 is 1.25 bits per heavy atom. The number of thiocarbonyl (C=S) groups is 1. The number of anilines is 1. The maximum Gasteiger partial charge on any atom is 0.171 e. The lowest BCUT2D eigenvalue weighted by atomic mass is 10.1. The largest absolute Gasteiger partial charge is 0.362 e. The molecular formula is C15H16FN3S. The molecule has 104 valence electrons. The van der Waals surface area contributed by atoms with Gasteiger partial charge >= 0.3 is 0 Å². The summed E-state index contributed by atoms with van der Waals surface area (Å²) < 4.78 is 13.4. The molecule has 5 heteroatoms. The maximum atomic E-state index is 13.4. The van der Waals surface area contributed by atoms with Crippen LogP contribution in [0.25, 0.3) is 0 Å². The normalized spacial score (nSPS) is 10.1. The Bertz CT molecular complexity index is 601. The Kier molecular flexibility index (Phi) is 5.01. The van der Waals surface area contributed by atoms with E-state index in [9.17, 15) is 4.39 Å². The van der Waals surface area contributed by atoms with Gasteiger partial charge in [0, 0.05) is 12.7 Å². The van der Waals surface area contributed by atoms with Crippen LogP contribution in [0.15, 0.2) is 42.6 Å². The second-order valence-electron chi connectivity index (χ2n) is 4.39. The van der Waals surface area contributed by atoms with Crippen molar-refractivity contribution in [1.82, 2.24) is 10.3 Å². The highest BCUT2D eigenvalue weighted by molar-refractivity contribution is 7.80. The number of halogens is 1. The molecular weight excluding hydrogens is 273 g/mol. The van der Waals surface area contributed by atoms with E-state index in [-0.39, 0.29) is 5.82 Å². The molecule has 0 aliphatic rings. The fourth-order valence-electron chi connectivity index (χ4n) is 1.78. The third-order valence-electron chi connectivity index (χ3n) is 2.88. The van der Waals surface area contributed by atoms with E-state index in [0.717, 1.165) is 11.4 Å². The van der Waals surface area contributed by atoms with Gasteiger partial charge in [-0.15, -0.1) is 0 Å². The van der Waals surface area contributed by atoms with Gasteiger partial charge in [0.25, 0.3) is 0 Å². The molecule has 1 heterocycles. The molecule has 0 saturated heterocycles. The number of pyridine rings is 1. The van der Waals surface area contributed by atoms with E-state index < -0.39 is 0 Å². The van der Waals surface area contributed by atoms with Gasteiger partial charge in [0.2, 0.25) is 0 Å². The molecule has 0 spiro atoms. The van der Waals surface area contributed by atoms with E-state index in [4.69, 9.17) is 12.2 Å². The summed E-state index contributed by atoms with van der Waals surface area (Å²) in [6.07, 6.45) is 2.28. The van der Waals surface area contributed by atoms with Gasteiger partial charge < -0.3 is 10.6 Å². The van der Waals surface area contributed by atoms with Gasteiger partial charge in [0.15, 0.2) is 5.11 Å². The Balaban J connectivity index is 1.82. The number of aryl methyl sites for hydroxylation is 1. The quantitative estimate of drug-likeness (QED) is 0.848. The third-order valence-corrected chi connectivity index (χ3v) is 3.13. The van der Waals surface area contributed by atoms with Crippen LogP contribution in [0.2, 0.25) is 0 Å². The van der Waals surface area contributed by atoms with Crippen LogP contribution in [-0.4, -0.2) is 16.6 Å². The van der Waals surface area contributed by atoms with Crippen molar-refractivity contribution in [3.05, 3.63) is 59.5 Å². The first-order valence-corrected chi connectivity index (χ1v) is 6.77. The Labute approximate surface area is 123 Å². The molecule has 2 rings (SSSR count). The molecule has 0 radical (unpaired) electrons. The smallest absolute Gasteiger partial charge is 0.171 e. The zero-order chi connectivity index (χ0) is 14.4. The van der Waals surface area contributed by atoms with Crippen LogP contribution in [0.5, 0.6) is 0 Å². The molecule has 0 amide bonds. The SMILES string of the molecule is Cc1cccnc1NC(=S)NCCc1ccccc1F. The van der Waals surface area contributed by atoms with Crippen molar-refractivity contribution in [2.75, 3.05) is 11.9 Å². The minimum Gasteiger partial charge on any atom is -0.362 e. The number of aromatic nitrogens is 1. The van der Waals surface area contributed by atoms with Crippen LogP contribution >= 0.6 is 12.2 Å². The molecule has 1 aromatic carbocycles. The molecule has 2 aromatic rings. The maximum absolute atomic E-state index is 13.4. The monoisotopic (exact) mass is 289 g/mol. The van der Waals surface area contributed by atoms with Gasteiger partial charge in [-0.05, 0) is 48.8 Å². The highest BCUT2D eigenvalue weighted by atomic mass is 32.1. The number of rotatable bonds is 4. The minimum atomic E-state index is -0.186. The standard InChI is InChI=1S/C15H16FN3S/c1-11-5-4-9-17-14(11)19-15(20)18-10-8-12-6-2-3-7-13(12)16/h2-7,9H,8,10H2,1H3,(H2,17,18,19,20). The second kappa shape index (κ2) is 6.96. The van der Waals surface area contributed by atoms with Crippen molar-refractivity contribution in [1.29, 1.82) is 0 Å². The van der Waals surface area contributed by atoms with E-state index in [2.05, 4.69) is 15.6 Å². The highest BCUT2D eigenvalue weighted by Crippen LogP contribution is 2.09. The number of nitrogens with one attached hydrogen (secondary N) is 2. The molecule has 1 aromatic heterocycles. The number of hydrogen-bond donors (Lipinski definition) is 2. The summed E-state index contributed by atoms with van der Waals surface area (Å²) in [5.41, 5.74) is 1.70. The van der Waals surface area contributed by atoms with Crippen LogP contribution in [0.1, 0.15) is 11.1 Å². The van der Waals surface area contributed by atoms with E-state index in [0.29, 0.717) is 23.6 Å². The van der Waals surface area contributed by atoms with Crippen LogP contribution < -0.4 is 10.6 Å². The Morgan fingerprint density at radius 3 is 2.80 bits per heavy atom. The first kappa shape index (κ1) is 14.4. The summed E-state index contributed by atoms with van der Waals surface area (Å²) in [6, 6.07) is 10.6. The summed E-state index contributed by atoms with van der Waals surface area (Å²) in [5.74, 6) is 0.546. The lowest BCUT2D eigenvalue weighted by molar-refractivity contribution is 0.607. The lowest BCUT2D eigenvalue weighted by Crippen LogP contribution is -2.30. The van der Waals surface area contributed by atoms with E-state index in [1.807, 2.05) is 25.1 Å². The predicted molar refractivity (Wildman–Crippen MR) is 83.3 cm³/mol. The molecule has 0 fully saturated rings. The molecule has 0 saturated carbocycles. The van der Waals surface area contributed by atoms with Gasteiger partial charge in [-0.1, -0.05) is 24.3 Å². The first-order valence-electron chi connectivity index (χ1n) is 6.36. The second-order valence-corrected chi connectivity index (χ2v) is 4.80. The van der Waals surface area contributed by atoms with Crippen LogP contribution in [-0.2, 0) is 6.42 Å². The summed E-state index contributed by atoms with van der Waals surface area (Å²) in [5, 5.41) is 6.56. The predicted octanol–water partition coefficient (Wildman–Crippen LogP) is 3.06. The van der Waals surface area contributed by atoms with E-state index >= 15 is 0 Å². The topological polar surface area (TPSA) is 37.0 Å². The van der Waals surface area contributed by atoms with Crippen molar-refractivity contribution >= 4 is 23.1 Å². The molecule has 0 bridgehead atoms.